The zero-order chi connectivity index (χ0) is 50.9. The highest BCUT2D eigenvalue weighted by atomic mass is 16.6. The van der Waals surface area contributed by atoms with Gasteiger partial charge in [-0.2, -0.15) is 0 Å². The third-order valence-corrected chi connectivity index (χ3v) is 12.4. The molecule has 2 atom stereocenters. The van der Waals surface area contributed by atoms with Gasteiger partial charge in [0.25, 0.3) is 5.91 Å². The molecule has 3 aromatic carbocycles. The molecule has 1 saturated heterocycles. The number of piperidine rings is 1. The minimum absolute atomic E-state index is 0.00825. The fraction of sp³-hybridized carbons (Fsp3) is 0.500. The molecular weight excluding hydrogens is 913 g/mol. The number of ether oxygens (including phenoxy) is 4. The monoisotopic (exact) mass is 981 g/mol. The van der Waals surface area contributed by atoms with E-state index in [-0.39, 0.29) is 63.0 Å². The fourth-order valence-electron chi connectivity index (χ4n) is 8.81. The second-order valence-corrected chi connectivity index (χ2v) is 18.9. The highest BCUT2D eigenvalue weighted by molar-refractivity contribution is 5.97. The van der Waals surface area contributed by atoms with Crippen LogP contribution < -0.4 is 20.1 Å². The SMILES string of the molecule is CCOc1cc(OC)ccc1CN(CC(=O)N1CCCC(c2cccc(C(=O)N[C@@H](C(=O)NCc3cn(CCN(CC(=O)O)C(=O)OCc4ccccc4)nn3)C3CCCCC3)c2)C1)C(=O)OC(C)(C)C. The van der Waals surface area contributed by atoms with E-state index in [4.69, 9.17) is 18.9 Å². The van der Waals surface area contributed by atoms with Crippen LogP contribution in [0.5, 0.6) is 11.5 Å². The number of methoxy groups -OCH3 is 1. The van der Waals surface area contributed by atoms with Gasteiger partial charge in [0.15, 0.2) is 0 Å². The van der Waals surface area contributed by atoms with E-state index in [1.165, 1.54) is 9.58 Å². The van der Waals surface area contributed by atoms with Gasteiger partial charge in [-0.05, 0) is 94.7 Å². The molecule has 4 aromatic rings. The zero-order valence-corrected chi connectivity index (χ0v) is 41.5. The first-order valence-electron chi connectivity index (χ1n) is 24.4. The predicted octanol–water partition coefficient (Wildman–Crippen LogP) is 6.55. The number of benzene rings is 3. The summed E-state index contributed by atoms with van der Waals surface area (Å²) in [5.74, 6) is -1.19. The second kappa shape index (κ2) is 25.6. The molecule has 0 radical (unpaired) electrons. The molecule has 2 fully saturated rings. The standard InChI is InChI=1S/C52H68N8O11/c1-6-69-44-28-43(68-5)23-22-41(44)31-59(51(67)71-52(2,3)4)33-45(61)57-24-14-21-40(30-57)38-19-13-20-39(27-38)48(64)54-47(37-17-11-8-12-18-37)49(65)53-29-42-32-60(56-55-42)26-25-58(34-46(62)63)50(66)70-35-36-15-9-7-10-16-36/h7,9-10,13,15-16,19-20,22-23,27-28,32,37,40,47H,6,8,11-12,14,17-18,21,24-26,29-31,33-35H2,1-5H3,(H,53,65)(H,54,64)(H,62,63)/t40?,47-/m1/s1. The van der Waals surface area contributed by atoms with Gasteiger partial charge >= 0.3 is 18.2 Å². The zero-order valence-electron chi connectivity index (χ0n) is 41.5. The largest absolute Gasteiger partial charge is 0.497 e. The molecule has 5 amide bonds. The number of aliphatic carboxylic acids is 1. The summed E-state index contributed by atoms with van der Waals surface area (Å²) in [6.45, 7) is 7.90. The molecule has 1 aromatic heterocycles. The molecule has 1 aliphatic heterocycles. The van der Waals surface area contributed by atoms with Gasteiger partial charge in [0.1, 0.15) is 48.5 Å². The van der Waals surface area contributed by atoms with Crippen molar-refractivity contribution in [2.75, 3.05) is 46.4 Å². The maximum atomic E-state index is 14.1. The number of nitrogens with one attached hydrogen (secondary N) is 2. The second-order valence-electron chi connectivity index (χ2n) is 18.9. The van der Waals surface area contributed by atoms with Gasteiger partial charge in [-0.1, -0.05) is 66.9 Å². The lowest BCUT2D eigenvalue weighted by Gasteiger charge is -2.35. The topological polar surface area (TPSA) is 224 Å². The van der Waals surface area contributed by atoms with Crippen molar-refractivity contribution in [3.05, 3.63) is 107 Å². The highest BCUT2D eigenvalue weighted by Gasteiger charge is 2.33. The maximum absolute atomic E-state index is 14.1. The lowest BCUT2D eigenvalue weighted by atomic mass is 9.83. The molecule has 2 aliphatic rings. The van der Waals surface area contributed by atoms with Crippen molar-refractivity contribution in [1.29, 1.82) is 0 Å². The van der Waals surface area contributed by atoms with E-state index in [0.29, 0.717) is 48.0 Å². The molecule has 71 heavy (non-hydrogen) atoms. The van der Waals surface area contributed by atoms with Crippen molar-refractivity contribution >= 4 is 35.9 Å². The number of rotatable bonds is 21. The lowest BCUT2D eigenvalue weighted by molar-refractivity contribution is -0.138. The van der Waals surface area contributed by atoms with Crippen molar-refractivity contribution in [3.63, 3.8) is 0 Å². The smallest absolute Gasteiger partial charge is 0.411 e. The third-order valence-electron chi connectivity index (χ3n) is 12.4. The third kappa shape index (κ3) is 16.2. The minimum atomic E-state index is -1.19. The Labute approximate surface area is 415 Å². The van der Waals surface area contributed by atoms with E-state index in [0.717, 1.165) is 61.0 Å². The fourth-order valence-corrected chi connectivity index (χ4v) is 8.81. The molecule has 6 rings (SSSR count). The van der Waals surface area contributed by atoms with Crippen LogP contribution in [0.3, 0.4) is 0 Å². The van der Waals surface area contributed by atoms with E-state index < -0.39 is 42.3 Å². The number of carbonyl (C=O) groups excluding carboxylic acids is 5. The van der Waals surface area contributed by atoms with Crippen LogP contribution in [0, 0.1) is 5.92 Å². The Morgan fingerprint density at radius 2 is 1.66 bits per heavy atom. The number of amides is 5. The van der Waals surface area contributed by atoms with Gasteiger partial charge in [-0.3, -0.25) is 33.7 Å². The molecule has 1 saturated carbocycles. The average Bonchev–Trinajstić information content (AvgIpc) is 3.83. The molecule has 3 N–H and O–H groups in total. The Bertz CT molecular complexity index is 2430. The molecule has 1 unspecified atom stereocenters. The number of hydrogen-bond donors (Lipinski definition) is 3. The number of aromatic nitrogens is 3. The Morgan fingerprint density at radius 3 is 2.38 bits per heavy atom. The van der Waals surface area contributed by atoms with Gasteiger partial charge in [-0.25, -0.2) is 9.59 Å². The van der Waals surface area contributed by atoms with Gasteiger partial charge in [-0.15, -0.1) is 5.10 Å². The summed E-state index contributed by atoms with van der Waals surface area (Å²) >= 11 is 0. The highest BCUT2D eigenvalue weighted by Crippen LogP contribution is 2.31. The number of carbonyl (C=O) groups is 6. The van der Waals surface area contributed by atoms with E-state index in [9.17, 15) is 33.9 Å². The quantitative estimate of drug-likeness (QED) is 0.0807. The van der Waals surface area contributed by atoms with Gasteiger partial charge in [0.05, 0.1) is 39.5 Å². The molecule has 19 nitrogen and oxygen atoms in total. The average molecular weight is 981 g/mol. The van der Waals surface area contributed by atoms with Crippen LogP contribution in [0.2, 0.25) is 0 Å². The molecule has 382 valence electrons. The van der Waals surface area contributed by atoms with Crippen molar-refractivity contribution in [2.24, 2.45) is 5.92 Å². The van der Waals surface area contributed by atoms with Crippen LogP contribution in [0.25, 0.3) is 0 Å². The first kappa shape index (κ1) is 53.2. The maximum Gasteiger partial charge on any atom is 0.411 e. The van der Waals surface area contributed by atoms with Crippen molar-refractivity contribution in [1.82, 2.24) is 40.3 Å². The Balaban J connectivity index is 1.07. The molecular formula is C52H68N8O11. The first-order chi connectivity index (χ1) is 34.1. The number of nitrogens with zero attached hydrogens (tertiary/aromatic N) is 6. The number of likely N-dealkylation sites (tertiary alicyclic amines) is 1. The van der Waals surface area contributed by atoms with Crippen LogP contribution in [-0.2, 0) is 50.1 Å². The molecule has 1 aliphatic carbocycles. The van der Waals surface area contributed by atoms with Crippen LogP contribution in [0.4, 0.5) is 9.59 Å². The Morgan fingerprint density at radius 1 is 0.887 bits per heavy atom. The van der Waals surface area contributed by atoms with E-state index in [2.05, 4.69) is 20.9 Å². The molecule has 0 spiro atoms. The predicted molar refractivity (Wildman–Crippen MR) is 261 cm³/mol. The van der Waals surface area contributed by atoms with E-state index in [1.807, 2.05) is 49.4 Å². The molecule has 0 bridgehead atoms. The Kier molecular flexibility index (Phi) is 19.2. The summed E-state index contributed by atoms with van der Waals surface area (Å²) in [4.78, 5) is 84.2. The van der Waals surface area contributed by atoms with Crippen molar-refractivity contribution in [3.8, 4) is 11.5 Å². The summed E-state index contributed by atoms with van der Waals surface area (Å²) in [6.07, 6.45) is 6.19. The number of carboxylic acid groups (broad SMARTS) is 1. The van der Waals surface area contributed by atoms with Crippen LogP contribution in [0.1, 0.15) is 111 Å². The number of hydrogen-bond acceptors (Lipinski definition) is 12. The van der Waals surface area contributed by atoms with E-state index in [1.54, 1.807) is 69.3 Å². The van der Waals surface area contributed by atoms with Gasteiger partial charge in [0.2, 0.25) is 11.8 Å². The van der Waals surface area contributed by atoms with Crippen molar-refractivity contribution in [2.45, 2.75) is 116 Å². The van der Waals surface area contributed by atoms with Crippen molar-refractivity contribution < 1.29 is 52.8 Å². The number of carboxylic acids is 1. The summed E-state index contributed by atoms with van der Waals surface area (Å²) in [5, 5.41) is 23.7. The normalized spacial score (nSPS) is 15.5. The molecule has 2 heterocycles. The van der Waals surface area contributed by atoms with Crippen LogP contribution in [-0.4, -0.2) is 129 Å². The summed E-state index contributed by atoms with van der Waals surface area (Å²) in [5.41, 5.74) is 2.38. The van der Waals surface area contributed by atoms with Gasteiger partial charge < -0.3 is 39.6 Å². The summed E-state index contributed by atoms with van der Waals surface area (Å²) < 4.78 is 23.8. The summed E-state index contributed by atoms with van der Waals surface area (Å²) in [6, 6.07) is 20.9. The lowest BCUT2D eigenvalue weighted by Crippen LogP contribution is -2.51. The van der Waals surface area contributed by atoms with Crippen LogP contribution >= 0.6 is 0 Å². The summed E-state index contributed by atoms with van der Waals surface area (Å²) in [7, 11) is 1.56. The van der Waals surface area contributed by atoms with Crippen LogP contribution in [0.15, 0.2) is 79.0 Å². The Hall–Kier alpha value is -7.18. The molecule has 19 heteroatoms. The van der Waals surface area contributed by atoms with Gasteiger partial charge in [0, 0.05) is 42.7 Å². The minimum Gasteiger partial charge on any atom is -0.497 e. The van der Waals surface area contributed by atoms with E-state index >= 15 is 0 Å². The first-order valence-corrected chi connectivity index (χ1v) is 24.4.